The SMILES string of the molecule is COCCCN1CC(=O)N2[C@@H](Cc3c([nH]c4ccccc34)[C@@H]2CCc2ccccc2)C1=O. The Labute approximate surface area is 188 Å². The van der Waals surface area contributed by atoms with Crippen LogP contribution in [0.5, 0.6) is 0 Å². The second-order valence-corrected chi connectivity index (χ2v) is 8.73. The molecule has 2 amide bonds. The van der Waals surface area contributed by atoms with Gasteiger partial charge in [0.05, 0.1) is 12.6 Å². The van der Waals surface area contributed by atoms with Crippen molar-refractivity contribution in [1.29, 1.82) is 0 Å². The minimum Gasteiger partial charge on any atom is -0.385 e. The topological polar surface area (TPSA) is 65.6 Å². The van der Waals surface area contributed by atoms with Gasteiger partial charge in [-0.25, -0.2) is 0 Å². The van der Waals surface area contributed by atoms with E-state index in [2.05, 4.69) is 29.2 Å². The predicted octanol–water partition coefficient (Wildman–Crippen LogP) is 3.47. The van der Waals surface area contributed by atoms with Crippen LogP contribution in [-0.4, -0.2) is 59.4 Å². The lowest BCUT2D eigenvalue weighted by Gasteiger charge is -2.47. The summed E-state index contributed by atoms with van der Waals surface area (Å²) in [6.45, 7) is 1.28. The number of aryl methyl sites for hydroxylation is 1. The number of hydrogen-bond donors (Lipinski definition) is 1. The summed E-state index contributed by atoms with van der Waals surface area (Å²) >= 11 is 0. The standard InChI is InChI=1S/C26H29N3O3/c1-32-15-7-14-28-17-24(30)29-22(13-12-18-8-3-2-4-9-18)25-20(16-23(29)26(28)31)19-10-5-6-11-21(19)27-25/h2-6,8-11,22-23,27H,7,12-17H2,1H3/t22-,23-/m0/s1. The minimum atomic E-state index is -0.439. The molecule has 3 heterocycles. The first-order valence-electron chi connectivity index (χ1n) is 11.4. The smallest absolute Gasteiger partial charge is 0.246 e. The van der Waals surface area contributed by atoms with Crippen molar-refractivity contribution in [3.05, 3.63) is 71.4 Å². The number of aromatic amines is 1. The third-order valence-corrected chi connectivity index (χ3v) is 6.79. The van der Waals surface area contributed by atoms with Crippen molar-refractivity contribution in [1.82, 2.24) is 14.8 Å². The number of fused-ring (bicyclic) bond motifs is 4. The fourth-order valence-electron chi connectivity index (χ4n) is 5.28. The van der Waals surface area contributed by atoms with Gasteiger partial charge in [-0.05, 0) is 36.5 Å². The Balaban J connectivity index is 1.50. The third kappa shape index (κ3) is 3.69. The van der Waals surface area contributed by atoms with E-state index in [1.807, 2.05) is 35.2 Å². The molecule has 1 aromatic heterocycles. The van der Waals surface area contributed by atoms with E-state index in [4.69, 9.17) is 4.74 Å². The summed E-state index contributed by atoms with van der Waals surface area (Å²) in [5.74, 6) is 0.0933. The van der Waals surface area contributed by atoms with Crippen LogP contribution in [0.3, 0.4) is 0 Å². The maximum absolute atomic E-state index is 13.5. The zero-order valence-electron chi connectivity index (χ0n) is 18.4. The van der Waals surface area contributed by atoms with Gasteiger partial charge in [0.1, 0.15) is 6.04 Å². The molecular weight excluding hydrogens is 402 g/mol. The lowest BCUT2D eigenvalue weighted by molar-refractivity contribution is -0.160. The molecule has 5 rings (SSSR count). The molecule has 166 valence electrons. The number of carbonyl (C=O) groups is 2. The maximum Gasteiger partial charge on any atom is 0.246 e. The molecule has 2 aliphatic heterocycles. The first kappa shape index (κ1) is 20.8. The number of carbonyl (C=O) groups excluding carboxylic acids is 2. The average Bonchev–Trinajstić information content (AvgIpc) is 3.19. The molecule has 32 heavy (non-hydrogen) atoms. The minimum absolute atomic E-state index is 0.0365. The van der Waals surface area contributed by atoms with Crippen LogP contribution in [-0.2, 0) is 27.2 Å². The molecule has 1 fully saturated rings. The Hall–Kier alpha value is -3.12. The molecule has 0 saturated carbocycles. The van der Waals surface area contributed by atoms with E-state index in [-0.39, 0.29) is 24.4 Å². The molecule has 1 saturated heterocycles. The lowest BCUT2D eigenvalue weighted by Crippen LogP contribution is -2.63. The quantitative estimate of drug-likeness (QED) is 0.583. The largest absolute Gasteiger partial charge is 0.385 e. The molecule has 3 aromatic rings. The normalized spacial score (nSPS) is 20.5. The second kappa shape index (κ2) is 8.79. The molecule has 0 radical (unpaired) electrons. The highest BCUT2D eigenvalue weighted by Crippen LogP contribution is 2.41. The van der Waals surface area contributed by atoms with Crippen LogP contribution in [0.2, 0.25) is 0 Å². The number of amides is 2. The summed E-state index contributed by atoms with van der Waals surface area (Å²) < 4.78 is 5.14. The van der Waals surface area contributed by atoms with E-state index in [0.717, 1.165) is 35.9 Å². The van der Waals surface area contributed by atoms with Crippen molar-refractivity contribution >= 4 is 22.7 Å². The van der Waals surface area contributed by atoms with Crippen molar-refractivity contribution in [2.75, 3.05) is 26.8 Å². The number of ether oxygens (including phenoxy) is 1. The van der Waals surface area contributed by atoms with Gasteiger partial charge in [0, 0.05) is 43.3 Å². The Kier molecular flexibility index (Phi) is 5.70. The van der Waals surface area contributed by atoms with Gasteiger partial charge in [-0.15, -0.1) is 0 Å². The molecule has 6 nitrogen and oxygen atoms in total. The first-order chi connectivity index (χ1) is 15.7. The van der Waals surface area contributed by atoms with Gasteiger partial charge in [-0.3, -0.25) is 9.59 Å². The van der Waals surface area contributed by atoms with Crippen molar-refractivity contribution < 1.29 is 14.3 Å². The van der Waals surface area contributed by atoms with Crippen LogP contribution < -0.4 is 0 Å². The van der Waals surface area contributed by atoms with Gasteiger partial charge >= 0.3 is 0 Å². The van der Waals surface area contributed by atoms with Crippen LogP contribution in [0.1, 0.15) is 35.7 Å². The summed E-state index contributed by atoms with van der Waals surface area (Å²) in [6.07, 6.45) is 2.93. The summed E-state index contributed by atoms with van der Waals surface area (Å²) in [5.41, 5.74) is 4.58. The number of methoxy groups -OCH3 is 1. The van der Waals surface area contributed by atoms with Crippen molar-refractivity contribution in [2.24, 2.45) is 0 Å². The van der Waals surface area contributed by atoms with E-state index in [9.17, 15) is 9.59 Å². The summed E-state index contributed by atoms with van der Waals surface area (Å²) in [5, 5.41) is 1.16. The molecular formula is C26H29N3O3. The molecule has 1 N–H and O–H groups in total. The van der Waals surface area contributed by atoms with E-state index in [1.165, 1.54) is 11.1 Å². The van der Waals surface area contributed by atoms with E-state index < -0.39 is 6.04 Å². The van der Waals surface area contributed by atoms with Crippen LogP contribution >= 0.6 is 0 Å². The van der Waals surface area contributed by atoms with Crippen molar-refractivity contribution in [3.8, 4) is 0 Å². The van der Waals surface area contributed by atoms with Gasteiger partial charge < -0.3 is 19.5 Å². The zero-order chi connectivity index (χ0) is 22.1. The monoisotopic (exact) mass is 431 g/mol. The lowest BCUT2D eigenvalue weighted by atomic mass is 9.86. The Morgan fingerprint density at radius 1 is 1.06 bits per heavy atom. The maximum atomic E-state index is 13.5. The van der Waals surface area contributed by atoms with Crippen molar-refractivity contribution in [3.63, 3.8) is 0 Å². The second-order valence-electron chi connectivity index (χ2n) is 8.73. The van der Waals surface area contributed by atoms with Gasteiger partial charge in [-0.1, -0.05) is 48.5 Å². The molecule has 2 aromatic carbocycles. The highest BCUT2D eigenvalue weighted by Gasteiger charge is 2.47. The predicted molar refractivity (Wildman–Crippen MR) is 123 cm³/mol. The number of piperazine rings is 1. The first-order valence-corrected chi connectivity index (χ1v) is 11.4. The van der Waals surface area contributed by atoms with Crippen LogP contribution in [0, 0.1) is 0 Å². The fourth-order valence-corrected chi connectivity index (χ4v) is 5.28. The fraction of sp³-hybridized carbons (Fsp3) is 0.385. The average molecular weight is 432 g/mol. The number of aromatic nitrogens is 1. The summed E-state index contributed by atoms with van der Waals surface area (Å²) in [6, 6.07) is 18.0. The Bertz CT molecular complexity index is 1120. The number of H-pyrrole nitrogens is 1. The highest BCUT2D eigenvalue weighted by molar-refractivity contribution is 5.97. The van der Waals surface area contributed by atoms with Gasteiger partial charge in [0.15, 0.2) is 0 Å². The van der Waals surface area contributed by atoms with E-state index >= 15 is 0 Å². The van der Waals surface area contributed by atoms with E-state index in [0.29, 0.717) is 19.6 Å². The summed E-state index contributed by atoms with van der Waals surface area (Å²) in [4.78, 5) is 34.0. The Morgan fingerprint density at radius 2 is 1.84 bits per heavy atom. The number of para-hydroxylation sites is 1. The van der Waals surface area contributed by atoms with Gasteiger partial charge in [0.2, 0.25) is 11.8 Å². The number of nitrogens with one attached hydrogen (secondary N) is 1. The third-order valence-electron chi connectivity index (χ3n) is 6.79. The molecule has 6 heteroatoms. The van der Waals surface area contributed by atoms with Crippen LogP contribution in [0.15, 0.2) is 54.6 Å². The molecule has 2 aliphatic rings. The van der Waals surface area contributed by atoms with Crippen LogP contribution in [0.4, 0.5) is 0 Å². The number of rotatable bonds is 7. The highest BCUT2D eigenvalue weighted by atomic mass is 16.5. The van der Waals surface area contributed by atoms with Gasteiger partial charge in [-0.2, -0.15) is 0 Å². The molecule has 0 aliphatic carbocycles. The molecule has 0 bridgehead atoms. The van der Waals surface area contributed by atoms with Crippen molar-refractivity contribution in [2.45, 2.75) is 37.8 Å². The molecule has 0 unspecified atom stereocenters. The number of hydrogen-bond acceptors (Lipinski definition) is 3. The number of nitrogens with zero attached hydrogens (tertiary/aromatic N) is 2. The number of benzene rings is 2. The van der Waals surface area contributed by atoms with Gasteiger partial charge in [0.25, 0.3) is 0 Å². The van der Waals surface area contributed by atoms with Crippen LogP contribution in [0.25, 0.3) is 10.9 Å². The Morgan fingerprint density at radius 3 is 2.66 bits per heavy atom. The zero-order valence-corrected chi connectivity index (χ0v) is 18.4. The summed E-state index contributed by atoms with van der Waals surface area (Å²) in [7, 11) is 1.65. The molecule has 2 atom stereocenters. The van der Waals surface area contributed by atoms with E-state index in [1.54, 1.807) is 12.0 Å². The molecule has 0 spiro atoms.